The molecule has 9 heteroatoms. The van der Waals surface area contributed by atoms with Crippen LogP contribution >= 0.6 is 0 Å². The van der Waals surface area contributed by atoms with E-state index in [1.807, 2.05) is 0 Å². The van der Waals surface area contributed by atoms with E-state index in [2.05, 4.69) is 15.0 Å². The van der Waals surface area contributed by atoms with Crippen LogP contribution in [0.25, 0.3) is 5.57 Å². The van der Waals surface area contributed by atoms with Gasteiger partial charge in [-0.3, -0.25) is 4.79 Å². The molecule has 156 valence electrons. The molecule has 2 aliphatic heterocycles. The van der Waals surface area contributed by atoms with Crippen LogP contribution in [0.2, 0.25) is 0 Å². The summed E-state index contributed by atoms with van der Waals surface area (Å²) in [6.07, 6.45) is 1.77. The number of amides is 1. The quantitative estimate of drug-likeness (QED) is 0.754. The molecule has 1 N–H and O–H groups in total. The van der Waals surface area contributed by atoms with Crippen LogP contribution in [0.5, 0.6) is 5.75 Å². The van der Waals surface area contributed by atoms with E-state index in [-0.39, 0.29) is 17.0 Å². The number of rotatable bonds is 5. The van der Waals surface area contributed by atoms with Crippen LogP contribution in [0.1, 0.15) is 28.9 Å². The van der Waals surface area contributed by atoms with Crippen molar-refractivity contribution in [1.29, 1.82) is 0 Å². The van der Waals surface area contributed by atoms with Crippen molar-refractivity contribution in [1.82, 2.24) is 4.98 Å². The fraction of sp³-hybridized carbons (Fsp3) is 0.286. The molecule has 3 heterocycles. The SMILES string of the molecule is COC(=O)c1cc(NC(=O)C2=C(c3ccc(F)c(F)c3OC)[C@H]3CC[C@@H]2O3)ccn1. The highest BCUT2D eigenvalue weighted by molar-refractivity contribution is 6.11. The summed E-state index contributed by atoms with van der Waals surface area (Å²) in [7, 11) is 2.47. The standard InChI is InChI=1S/C21H18F2N2O5/c1-28-19-11(3-4-12(22)18(19)23)16-14-5-6-15(30-14)17(16)20(26)25-10-7-8-24-13(9-10)21(27)29-2/h3-4,7-9,14-15H,5-6H2,1-2H3,(H,24,25,26)/t14-,15+/m1/s1. The maximum Gasteiger partial charge on any atom is 0.356 e. The summed E-state index contributed by atoms with van der Waals surface area (Å²) in [5.41, 5.74) is 1.45. The number of benzene rings is 1. The minimum atomic E-state index is -1.12. The molecule has 1 fully saturated rings. The van der Waals surface area contributed by atoms with Crippen molar-refractivity contribution in [3.8, 4) is 5.75 Å². The first-order chi connectivity index (χ1) is 14.4. The number of carbonyl (C=O) groups excluding carboxylic acids is 2. The topological polar surface area (TPSA) is 86.8 Å². The lowest BCUT2D eigenvalue weighted by Gasteiger charge is -2.19. The van der Waals surface area contributed by atoms with Gasteiger partial charge in [-0.15, -0.1) is 0 Å². The number of ether oxygens (including phenoxy) is 3. The van der Waals surface area contributed by atoms with Crippen molar-refractivity contribution in [2.45, 2.75) is 25.0 Å². The van der Waals surface area contributed by atoms with Crippen molar-refractivity contribution in [2.75, 3.05) is 19.5 Å². The van der Waals surface area contributed by atoms with Crippen LogP contribution in [0, 0.1) is 11.6 Å². The molecule has 0 radical (unpaired) electrons. The van der Waals surface area contributed by atoms with Crippen LogP contribution in [-0.4, -0.2) is 43.3 Å². The monoisotopic (exact) mass is 416 g/mol. The third kappa shape index (κ3) is 3.30. The predicted molar refractivity (Wildman–Crippen MR) is 102 cm³/mol. The molecule has 1 aromatic carbocycles. The van der Waals surface area contributed by atoms with E-state index in [4.69, 9.17) is 9.47 Å². The van der Waals surface area contributed by atoms with Crippen LogP contribution in [-0.2, 0) is 14.3 Å². The van der Waals surface area contributed by atoms with Crippen molar-refractivity contribution >= 4 is 23.1 Å². The number of hydrogen-bond donors (Lipinski definition) is 1. The summed E-state index contributed by atoms with van der Waals surface area (Å²) in [6.45, 7) is 0. The molecule has 2 bridgehead atoms. The Hall–Kier alpha value is -3.33. The zero-order valence-corrected chi connectivity index (χ0v) is 16.2. The highest BCUT2D eigenvalue weighted by atomic mass is 19.2. The van der Waals surface area contributed by atoms with E-state index >= 15 is 0 Å². The summed E-state index contributed by atoms with van der Waals surface area (Å²) < 4.78 is 43.5. The smallest absolute Gasteiger partial charge is 0.356 e. The second-order valence-electron chi connectivity index (χ2n) is 6.84. The number of pyridine rings is 1. The zero-order chi connectivity index (χ0) is 21.4. The number of anilines is 1. The maximum absolute atomic E-state index is 14.3. The van der Waals surface area contributed by atoms with Gasteiger partial charge in [-0.05, 0) is 37.1 Å². The minimum absolute atomic E-state index is 0.0379. The highest BCUT2D eigenvalue weighted by Crippen LogP contribution is 2.47. The summed E-state index contributed by atoms with van der Waals surface area (Å²) >= 11 is 0. The van der Waals surface area contributed by atoms with Gasteiger partial charge in [-0.1, -0.05) is 0 Å². The molecule has 7 nitrogen and oxygen atoms in total. The normalized spacial score (nSPS) is 19.7. The fourth-order valence-corrected chi connectivity index (χ4v) is 3.86. The number of methoxy groups -OCH3 is 2. The Morgan fingerprint density at radius 3 is 2.67 bits per heavy atom. The van der Waals surface area contributed by atoms with Crippen LogP contribution in [0.15, 0.2) is 36.0 Å². The molecule has 2 aliphatic rings. The van der Waals surface area contributed by atoms with Crippen molar-refractivity contribution in [3.63, 3.8) is 0 Å². The molecule has 30 heavy (non-hydrogen) atoms. The Bertz CT molecular complexity index is 1070. The van der Waals surface area contributed by atoms with Crippen molar-refractivity contribution in [3.05, 3.63) is 58.9 Å². The van der Waals surface area contributed by atoms with Gasteiger partial charge in [-0.2, -0.15) is 4.39 Å². The van der Waals surface area contributed by atoms with E-state index in [1.165, 1.54) is 38.6 Å². The number of fused-ring (bicyclic) bond motifs is 2. The molecule has 1 amide bonds. The third-order valence-electron chi connectivity index (χ3n) is 5.15. The Morgan fingerprint density at radius 2 is 1.93 bits per heavy atom. The van der Waals surface area contributed by atoms with E-state index in [0.29, 0.717) is 29.7 Å². The van der Waals surface area contributed by atoms with Crippen LogP contribution < -0.4 is 10.1 Å². The predicted octanol–water partition coefficient (Wildman–Crippen LogP) is 3.11. The van der Waals surface area contributed by atoms with Crippen molar-refractivity contribution < 1.29 is 32.6 Å². The second kappa shape index (κ2) is 7.83. The number of aromatic nitrogens is 1. The van der Waals surface area contributed by atoms with Gasteiger partial charge < -0.3 is 19.5 Å². The zero-order valence-electron chi connectivity index (χ0n) is 16.2. The molecular formula is C21H18F2N2O5. The van der Waals surface area contributed by atoms with Crippen LogP contribution in [0.3, 0.4) is 0 Å². The van der Waals surface area contributed by atoms with Gasteiger partial charge in [0.25, 0.3) is 5.91 Å². The summed E-state index contributed by atoms with van der Waals surface area (Å²) in [5, 5.41) is 2.72. The molecular weight excluding hydrogens is 398 g/mol. The van der Waals surface area contributed by atoms with Crippen molar-refractivity contribution in [2.24, 2.45) is 0 Å². The molecule has 2 atom stereocenters. The van der Waals surface area contributed by atoms with E-state index < -0.39 is 35.7 Å². The first-order valence-corrected chi connectivity index (χ1v) is 9.22. The van der Waals surface area contributed by atoms with Gasteiger partial charge >= 0.3 is 5.97 Å². The lowest BCUT2D eigenvalue weighted by atomic mass is 9.86. The van der Waals surface area contributed by atoms with Gasteiger partial charge in [-0.25, -0.2) is 14.2 Å². The average molecular weight is 416 g/mol. The lowest BCUT2D eigenvalue weighted by Crippen LogP contribution is -2.23. The molecule has 0 saturated carbocycles. The molecule has 4 rings (SSSR count). The van der Waals surface area contributed by atoms with E-state index in [9.17, 15) is 18.4 Å². The number of nitrogens with zero attached hydrogens (tertiary/aromatic N) is 1. The molecule has 0 aliphatic carbocycles. The average Bonchev–Trinajstić information content (AvgIpc) is 3.37. The van der Waals surface area contributed by atoms with Gasteiger partial charge in [0.05, 0.1) is 32.0 Å². The fourth-order valence-electron chi connectivity index (χ4n) is 3.86. The number of nitrogens with one attached hydrogen (secondary N) is 1. The Balaban J connectivity index is 1.73. The largest absolute Gasteiger partial charge is 0.493 e. The minimum Gasteiger partial charge on any atom is -0.493 e. The van der Waals surface area contributed by atoms with Gasteiger partial charge in [0, 0.05) is 23.0 Å². The lowest BCUT2D eigenvalue weighted by molar-refractivity contribution is -0.113. The number of hydrogen-bond acceptors (Lipinski definition) is 6. The molecule has 1 aromatic heterocycles. The van der Waals surface area contributed by atoms with Gasteiger partial charge in [0.15, 0.2) is 11.6 Å². The van der Waals surface area contributed by atoms with E-state index in [1.54, 1.807) is 0 Å². The van der Waals surface area contributed by atoms with Gasteiger partial charge in [0.2, 0.25) is 5.82 Å². The third-order valence-corrected chi connectivity index (χ3v) is 5.15. The molecule has 1 saturated heterocycles. The Morgan fingerprint density at radius 1 is 1.17 bits per heavy atom. The molecule has 2 aromatic rings. The number of halogens is 2. The maximum atomic E-state index is 14.3. The Kier molecular flexibility index (Phi) is 5.21. The second-order valence-corrected chi connectivity index (χ2v) is 6.84. The van der Waals surface area contributed by atoms with E-state index in [0.717, 1.165) is 6.07 Å². The van der Waals surface area contributed by atoms with Crippen LogP contribution in [0.4, 0.5) is 14.5 Å². The first-order valence-electron chi connectivity index (χ1n) is 9.22. The number of esters is 1. The van der Waals surface area contributed by atoms with Gasteiger partial charge in [0.1, 0.15) is 5.69 Å². The first kappa shape index (κ1) is 20.0. The molecule has 0 spiro atoms. The summed E-state index contributed by atoms with van der Waals surface area (Å²) in [6, 6.07) is 5.28. The Labute approximate surface area is 170 Å². The molecule has 0 unspecified atom stereocenters. The summed E-state index contributed by atoms with van der Waals surface area (Å²) in [5.74, 6) is -3.55. The summed E-state index contributed by atoms with van der Waals surface area (Å²) in [4.78, 5) is 28.7. The highest BCUT2D eigenvalue weighted by Gasteiger charge is 2.45. The number of carbonyl (C=O) groups is 2.